The molecule has 5 nitrogen and oxygen atoms in total. The number of para-hydroxylation sites is 1. The molecule has 28 heavy (non-hydrogen) atoms. The third-order valence-corrected chi connectivity index (χ3v) is 4.94. The third-order valence-electron chi connectivity index (χ3n) is 4.31. The van der Waals surface area contributed by atoms with Crippen LogP contribution >= 0.6 is 46.9 Å². The molecule has 0 unspecified atom stereocenters. The van der Waals surface area contributed by atoms with Gasteiger partial charge in [0.05, 0.1) is 39.3 Å². The van der Waals surface area contributed by atoms with E-state index in [4.69, 9.17) is 33.3 Å². The van der Waals surface area contributed by atoms with Gasteiger partial charge in [0.1, 0.15) is 18.2 Å². The second-order valence-electron chi connectivity index (χ2n) is 5.99. The summed E-state index contributed by atoms with van der Waals surface area (Å²) in [6, 6.07) is 15.2. The Morgan fingerprint density at radius 3 is 2.04 bits per heavy atom. The second kappa shape index (κ2) is 12.4. The Balaban J connectivity index is 0.000000878. The molecule has 1 aliphatic heterocycles. The number of hydrogen-bond donors (Lipinski definition) is 1. The maximum absolute atomic E-state index is 8.44. The van der Waals surface area contributed by atoms with Crippen LogP contribution in [0.15, 0.2) is 48.5 Å². The first-order valence-electron chi connectivity index (χ1n) is 8.64. The zero-order valence-electron chi connectivity index (χ0n) is 15.1. The van der Waals surface area contributed by atoms with Crippen molar-refractivity contribution in [2.24, 2.45) is 0 Å². The molecule has 0 radical (unpaired) electrons. The Hall–Kier alpha value is -1.21. The van der Waals surface area contributed by atoms with Crippen molar-refractivity contribution in [3.63, 3.8) is 0 Å². The Bertz CT molecular complexity index is 721. The smallest absolute Gasteiger partial charge is 0.131 e. The molecular formula is C19H21Cl4N3O2. The zero-order chi connectivity index (χ0) is 20.4. The molecule has 1 heterocycles. The molecule has 3 rings (SSSR count). The molecule has 0 amide bonds. The van der Waals surface area contributed by atoms with Crippen LogP contribution in [-0.4, -0.2) is 55.0 Å². The van der Waals surface area contributed by atoms with E-state index in [1.54, 1.807) is 18.2 Å². The topological polar surface area (TPSA) is 48.8 Å². The van der Waals surface area contributed by atoms with Crippen LogP contribution in [-0.2, 0) is 3.84 Å². The molecule has 2 aromatic carbocycles. The normalized spacial score (nSPS) is 14.2. The van der Waals surface area contributed by atoms with Gasteiger partial charge in [0.2, 0.25) is 0 Å². The molecule has 1 N–H and O–H groups in total. The lowest BCUT2D eigenvalue weighted by Gasteiger charge is -2.36. The van der Waals surface area contributed by atoms with Gasteiger partial charge in [-0.1, -0.05) is 47.5 Å². The van der Waals surface area contributed by atoms with Crippen molar-refractivity contribution in [1.29, 1.82) is 5.41 Å². The van der Waals surface area contributed by atoms with Crippen LogP contribution < -0.4 is 4.74 Å². The average Bonchev–Trinajstić information content (AvgIpc) is 2.70. The number of amidine groups is 1. The lowest BCUT2D eigenvalue weighted by atomic mass is 10.1. The molecule has 0 aromatic heterocycles. The zero-order valence-corrected chi connectivity index (χ0v) is 18.1. The van der Waals surface area contributed by atoms with Gasteiger partial charge in [-0.2, -0.15) is 3.84 Å². The third kappa shape index (κ3) is 6.99. The molecule has 0 saturated carbocycles. The van der Waals surface area contributed by atoms with Crippen LogP contribution in [0.5, 0.6) is 5.75 Å². The van der Waals surface area contributed by atoms with Gasteiger partial charge in [0.15, 0.2) is 0 Å². The van der Waals surface area contributed by atoms with E-state index in [1.165, 1.54) is 0 Å². The fraction of sp³-hybridized carbons (Fsp3) is 0.316. The molecule has 1 aliphatic rings. The molecule has 0 atom stereocenters. The molecule has 1 fully saturated rings. The van der Waals surface area contributed by atoms with Gasteiger partial charge in [-0.15, -0.1) is 0 Å². The molecule has 9 heteroatoms. The quantitative estimate of drug-likeness (QED) is 0.480. The minimum atomic E-state index is 0.399. The fourth-order valence-electron chi connectivity index (χ4n) is 2.89. The first-order chi connectivity index (χ1) is 13.6. The van der Waals surface area contributed by atoms with Crippen molar-refractivity contribution >= 4 is 52.8 Å². The van der Waals surface area contributed by atoms with E-state index in [1.807, 2.05) is 35.2 Å². The van der Waals surface area contributed by atoms with Crippen LogP contribution in [0.4, 0.5) is 0 Å². The van der Waals surface area contributed by atoms with Crippen molar-refractivity contribution in [2.75, 3.05) is 39.3 Å². The van der Waals surface area contributed by atoms with Crippen molar-refractivity contribution in [1.82, 2.24) is 9.80 Å². The van der Waals surface area contributed by atoms with Crippen LogP contribution in [0.3, 0.4) is 0 Å². The van der Waals surface area contributed by atoms with Crippen LogP contribution in [0.1, 0.15) is 5.56 Å². The van der Waals surface area contributed by atoms with Gasteiger partial charge in [-0.3, -0.25) is 10.3 Å². The highest BCUT2D eigenvalue weighted by atomic mass is 35.6. The van der Waals surface area contributed by atoms with Crippen LogP contribution in [0, 0.1) is 5.41 Å². The first-order valence-corrected chi connectivity index (χ1v) is 10.0. The minimum Gasteiger partial charge on any atom is -0.492 e. The SMILES string of the molecule is ClOCl.N=C(c1c(Cl)cccc1Cl)N1CCN(CCOc2ccccc2)CC1. The predicted molar refractivity (Wildman–Crippen MR) is 116 cm³/mol. The van der Waals surface area contributed by atoms with Crippen molar-refractivity contribution in [3.8, 4) is 5.75 Å². The van der Waals surface area contributed by atoms with E-state index in [0.717, 1.165) is 38.5 Å². The molecule has 152 valence electrons. The van der Waals surface area contributed by atoms with Gasteiger partial charge >= 0.3 is 0 Å². The summed E-state index contributed by atoms with van der Waals surface area (Å²) in [5.41, 5.74) is 0.617. The summed E-state index contributed by atoms with van der Waals surface area (Å²) in [6.45, 7) is 4.89. The molecule has 2 aromatic rings. The van der Waals surface area contributed by atoms with E-state index >= 15 is 0 Å². The Morgan fingerprint density at radius 2 is 1.46 bits per heavy atom. The van der Waals surface area contributed by atoms with Gasteiger partial charge in [0.25, 0.3) is 0 Å². The van der Waals surface area contributed by atoms with Crippen LogP contribution in [0.2, 0.25) is 10.0 Å². The lowest BCUT2D eigenvalue weighted by Crippen LogP contribution is -2.49. The molecular weight excluding hydrogens is 444 g/mol. The Labute approximate surface area is 185 Å². The number of hydrogen-bond acceptors (Lipinski definition) is 4. The number of ether oxygens (including phenoxy) is 1. The van der Waals surface area contributed by atoms with Crippen LogP contribution in [0.25, 0.3) is 0 Å². The maximum Gasteiger partial charge on any atom is 0.131 e. The van der Waals surface area contributed by atoms with Crippen molar-refractivity contribution < 1.29 is 8.58 Å². The van der Waals surface area contributed by atoms with E-state index in [-0.39, 0.29) is 0 Å². The summed E-state index contributed by atoms with van der Waals surface area (Å²) in [7, 11) is 0. The number of piperazine rings is 1. The number of halogens is 4. The standard InChI is InChI=1S/C19H21Cl2N3O.Cl2O/c20-16-7-4-8-17(21)18(16)19(22)24-11-9-23(10-12-24)13-14-25-15-5-2-1-3-6-15;1-3-2/h1-8,22H,9-14H2;. The highest BCUT2D eigenvalue weighted by molar-refractivity contribution is 6.39. The van der Waals surface area contributed by atoms with Crippen molar-refractivity contribution in [2.45, 2.75) is 0 Å². The first kappa shape index (κ1) is 23.1. The number of rotatable bonds is 5. The molecule has 1 saturated heterocycles. The van der Waals surface area contributed by atoms with Gasteiger partial charge < -0.3 is 9.64 Å². The lowest BCUT2D eigenvalue weighted by molar-refractivity contribution is 0.154. The fourth-order valence-corrected chi connectivity index (χ4v) is 3.46. The predicted octanol–water partition coefficient (Wildman–Crippen LogP) is 5.33. The van der Waals surface area contributed by atoms with Crippen molar-refractivity contribution in [3.05, 3.63) is 64.1 Å². The van der Waals surface area contributed by atoms with E-state index in [0.29, 0.717) is 28.1 Å². The highest BCUT2D eigenvalue weighted by Crippen LogP contribution is 2.26. The molecule has 0 spiro atoms. The maximum atomic E-state index is 8.44. The van der Waals surface area contributed by atoms with Gasteiger partial charge in [0, 0.05) is 32.7 Å². The summed E-state index contributed by atoms with van der Waals surface area (Å²) in [6.07, 6.45) is 0. The minimum absolute atomic E-state index is 0.399. The number of benzene rings is 2. The number of nitrogens with one attached hydrogen (secondary N) is 1. The average molecular weight is 465 g/mol. The summed E-state index contributed by atoms with van der Waals surface area (Å²) in [5.74, 6) is 1.30. The molecule has 0 aliphatic carbocycles. The van der Waals surface area contributed by atoms with E-state index in [2.05, 4.69) is 32.5 Å². The summed E-state index contributed by atoms with van der Waals surface area (Å²) >= 11 is 21.0. The largest absolute Gasteiger partial charge is 0.492 e. The second-order valence-corrected chi connectivity index (χ2v) is 7.27. The summed E-state index contributed by atoms with van der Waals surface area (Å²) in [4.78, 5) is 4.38. The summed E-state index contributed by atoms with van der Waals surface area (Å²) in [5, 5.41) is 9.48. The van der Waals surface area contributed by atoms with Gasteiger partial charge in [-0.25, -0.2) is 0 Å². The number of nitrogens with zero attached hydrogens (tertiary/aromatic N) is 2. The highest BCUT2D eigenvalue weighted by Gasteiger charge is 2.22. The monoisotopic (exact) mass is 463 g/mol. The summed E-state index contributed by atoms with van der Waals surface area (Å²) < 4.78 is 8.95. The van der Waals surface area contributed by atoms with E-state index in [9.17, 15) is 0 Å². The van der Waals surface area contributed by atoms with Gasteiger partial charge in [-0.05, 0) is 24.3 Å². The molecule has 0 bridgehead atoms. The Kier molecular flexibility index (Phi) is 10.2. The Morgan fingerprint density at radius 1 is 0.893 bits per heavy atom. The van der Waals surface area contributed by atoms with E-state index < -0.39 is 0 Å².